The summed E-state index contributed by atoms with van der Waals surface area (Å²) >= 11 is 0. The summed E-state index contributed by atoms with van der Waals surface area (Å²) in [5.74, 6) is -1.31. The average Bonchev–Trinajstić information content (AvgIpc) is 2.84. The molecule has 1 fully saturated rings. The molecule has 2 aliphatic rings. The lowest BCUT2D eigenvalue weighted by Gasteiger charge is -2.28. The predicted molar refractivity (Wildman–Crippen MR) is 116 cm³/mol. The topological polar surface area (TPSA) is 125 Å². The molecule has 3 amide bonds. The average molecular weight is 442 g/mol. The molecule has 2 aliphatic heterocycles. The van der Waals surface area contributed by atoms with Crippen molar-refractivity contribution in [2.75, 3.05) is 27.2 Å². The largest absolute Gasteiger partial charge is 0.340 e. The third-order valence-corrected chi connectivity index (χ3v) is 7.08. The number of para-hydroxylation sites is 1. The maximum atomic E-state index is 12.6. The summed E-state index contributed by atoms with van der Waals surface area (Å²) in [6.45, 7) is 0.397. The van der Waals surface area contributed by atoms with Crippen molar-refractivity contribution in [3.8, 4) is 0 Å². The molecular formula is C21H22N4O5S. The Hall–Kier alpha value is -3.40. The number of amides is 3. The highest BCUT2D eigenvalue weighted by Gasteiger charge is 2.30. The van der Waals surface area contributed by atoms with Crippen molar-refractivity contribution in [3.05, 3.63) is 54.1 Å². The molecule has 1 unspecified atom stereocenters. The monoisotopic (exact) mass is 442 g/mol. The Bertz CT molecular complexity index is 1150. The van der Waals surface area contributed by atoms with Crippen molar-refractivity contribution < 1.29 is 22.8 Å². The van der Waals surface area contributed by atoms with Crippen molar-refractivity contribution in [1.29, 1.82) is 0 Å². The first-order valence-electron chi connectivity index (χ1n) is 9.94. The molecule has 4 rings (SSSR count). The summed E-state index contributed by atoms with van der Waals surface area (Å²) in [6.07, 6.45) is 1.14. The number of fused-ring (bicyclic) bond motifs is 1. The van der Waals surface area contributed by atoms with Crippen molar-refractivity contribution in [3.63, 3.8) is 0 Å². The van der Waals surface area contributed by atoms with Crippen LogP contribution < -0.4 is 20.3 Å². The van der Waals surface area contributed by atoms with Gasteiger partial charge in [-0.1, -0.05) is 18.2 Å². The van der Waals surface area contributed by atoms with Crippen LogP contribution in [-0.2, 0) is 19.6 Å². The summed E-state index contributed by atoms with van der Waals surface area (Å²) in [4.78, 5) is 37.4. The maximum Gasteiger partial charge on any atom is 0.254 e. The second-order valence-electron chi connectivity index (χ2n) is 7.46. The molecule has 0 saturated carbocycles. The fraction of sp³-hybridized carbons (Fsp3) is 0.286. The predicted octanol–water partition coefficient (Wildman–Crippen LogP) is 1.70. The Morgan fingerprint density at radius 2 is 1.90 bits per heavy atom. The summed E-state index contributed by atoms with van der Waals surface area (Å²) in [6, 6.07) is 12.1. The van der Waals surface area contributed by atoms with Gasteiger partial charge in [0.15, 0.2) is 0 Å². The molecule has 3 N–H and O–H groups in total. The lowest BCUT2D eigenvalue weighted by molar-refractivity contribution is -0.122. The van der Waals surface area contributed by atoms with Crippen LogP contribution in [0.2, 0.25) is 0 Å². The number of nitrogens with zero attached hydrogens (tertiary/aromatic N) is 1. The Morgan fingerprint density at radius 1 is 1.10 bits per heavy atom. The van der Waals surface area contributed by atoms with E-state index in [0.717, 1.165) is 6.42 Å². The van der Waals surface area contributed by atoms with E-state index in [2.05, 4.69) is 16.0 Å². The summed E-state index contributed by atoms with van der Waals surface area (Å²) in [5, 5.41) is 7.91. The molecule has 2 aromatic carbocycles. The van der Waals surface area contributed by atoms with E-state index in [1.807, 2.05) is 0 Å². The Kier molecular flexibility index (Phi) is 5.64. The number of hydrogen-bond acceptors (Lipinski definition) is 5. The zero-order valence-electron chi connectivity index (χ0n) is 16.6. The molecule has 1 atom stereocenters. The minimum atomic E-state index is -3.37. The molecule has 0 aliphatic carbocycles. The molecule has 0 bridgehead atoms. The van der Waals surface area contributed by atoms with Gasteiger partial charge in [0, 0.05) is 12.2 Å². The first-order chi connectivity index (χ1) is 14.8. The second kappa shape index (κ2) is 8.38. The van der Waals surface area contributed by atoms with Crippen LogP contribution in [0.5, 0.6) is 0 Å². The fourth-order valence-electron chi connectivity index (χ4n) is 3.67. The van der Waals surface area contributed by atoms with Gasteiger partial charge in [-0.3, -0.25) is 18.7 Å². The lowest BCUT2D eigenvalue weighted by Crippen LogP contribution is -2.43. The molecule has 0 spiro atoms. The molecule has 0 radical (unpaired) electrons. The first kappa shape index (κ1) is 20.9. The van der Waals surface area contributed by atoms with Gasteiger partial charge in [0.25, 0.3) is 5.91 Å². The number of nitrogens with one attached hydrogen (secondary N) is 3. The van der Waals surface area contributed by atoms with Gasteiger partial charge in [-0.2, -0.15) is 0 Å². The third-order valence-electron chi connectivity index (χ3n) is 5.21. The quantitative estimate of drug-likeness (QED) is 0.665. The van der Waals surface area contributed by atoms with E-state index >= 15 is 0 Å². The van der Waals surface area contributed by atoms with Crippen molar-refractivity contribution >= 4 is 44.8 Å². The number of benzene rings is 2. The molecule has 10 heteroatoms. The number of hydrogen-bond donors (Lipinski definition) is 3. The number of sulfonamides is 1. The van der Waals surface area contributed by atoms with Crippen molar-refractivity contribution in [2.24, 2.45) is 0 Å². The third kappa shape index (κ3) is 4.53. The van der Waals surface area contributed by atoms with E-state index in [0.29, 0.717) is 35.6 Å². The Labute approximate surface area is 179 Å². The van der Waals surface area contributed by atoms with E-state index < -0.39 is 33.8 Å². The van der Waals surface area contributed by atoms with Gasteiger partial charge < -0.3 is 16.0 Å². The fourth-order valence-corrected chi connectivity index (χ4v) is 5.30. The van der Waals surface area contributed by atoms with Gasteiger partial charge in [0.05, 0.1) is 29.1 Å². The normalized spacial score (nSPS) is 20.1. The van der Waals surface area contributed by atoms with E-state index in [1.165, 1.54) is 4.31 Å². The second-order valence-corrected chi connectivity index (χ2v) is 9.47. The van der Waals surface area contributed by atoms with E-state index in [-0.39, 0.29) is 12.2 Å². The Morgan fingerprint density at radius 3 is 2.71 bits per heavy atom. The van der Waals surface area contributed by atoms with Crippen LogP contribution in [0.4, 0.5) is 17.1 Å². The Balaban J connectivity index is 1.45. The number of anilines is 3. The zero-order valence-corrected chi connectivity index (χ0v) is 17.4. The van der Waals surface area contributed by atoms with Crippen molar-refractivity contribution in [1.82, 2.24) is 5.32 Å². The van der Waals surface area contributed by atoms with Crippen LogP contribution in [0.1, 0.15) is 29.6 Å². The molecular weight excluding hydrogens is 420 g/mol. The summed E-state index contributed by atoms with van der Waals surface area (Å²) in [5.41, 5.74) is 1.61. The smallest absolute Gasteiger partial charge is 0.254 e. The van der Waals surface area contributed by atoms with Gasteiger partial charge in [-0.25, -0.2) is 8.42 Å². The van der Waals surface area contributed by atoms with E-state index in [9.17, 15) is 22.8 Å². The maximum absolute atomic E-state index is 12.6. The number of rotatable bonds is 4. The van der Waals surface area contributed by atoms with E-state index in [4.69, 9.17) is 0 Å². The highest BCUT2D eigenvalue weighted by molar-refractivity contribution is 7.92. The van der Waals surface area contributed by atoms with Gasteiger partial charge >= 0.3 is 0 Å². The molecule has 31 heavy (non-hydrogen) atoms. The summed E-state index contributed by atoms with van der Waals surface area (Å²) in [7, 11) is -3.37. The standard InChI is InChI=1S/C21H22N4O5S/c26-19(13-18-21(28)23-17-9-2-1-8-16(17)20(27)24-18)22-14-6-5-7-15(12-14)25-10-3-4-11-31(25,29)30/h1-2,5-9,12,18H,3-4,10-11,13H2,(H,22,26)(H,23,28)(H,24,27). The lowest BCUT2D eigenvalue weighted by atomic mass is 10.1. The highest BCUT2D eigenvalue weighted by atomic mass is 32.2. The minimum absolute atomic E-state index is 0.0997. The molecule has 2 aromatic rings. The first-order valence-corrected chi connectivity index (χ1v) is 11.6. The molecule has 1 saturated heterocycles. The van der Waals surface area contributed by atoms with Gasteiger partial charge in [-0.05, 0) is 43.2 Å². The minimum Gasteiger partial charge on any atom is -0.340 e. The van der Waals surface area contributed by atoms with Crippen LogP contribution >= 0.6 is 0 Å². The van der Waals surface area contributed by atoms with Gasteiger partial charge in [-0.15, -0.1) is 0 Å². The van der Waals surface area contributed by atoms with Crippen LogP contribution in [-0.4, -0.2) is 44.5 Å². The van der Waals surface area contributed by atoms with Crippen LogP contribution in [0.25, 0.3) is 0 Å². The number of carbonyl (C=O) groups excluding carboxylic acids is 3. The molecule has 162 valence electrons. The molecule has 0 aromatic heterocycles. The molecule has 9 nitrogen and oxygen atoms in total. The SMILES string of the molecule is O=C(CC1NC(=O)c2ccccc2NC1=O)Nc1cccc(N2CCCCS2(=O)=O)c1. The van der Waals surface area contributed by atoms with Gasteiger partial charge in [0.1, 0.15) is 6.04 Å². The molecule has 2 heterocycles. The zero-order chi connectivity index (χ0) is 22.0. The summed E-state index contributed by atoms with van der Waals surface area (Å²) < 4.78 is 26.0. The number of carbonyl (C=O) groups is 3. The van der Waals surface area contributed by atoms with Gasteiger partial charge in [0.2, 0.25) is 21.8 Å². The van der Waals surface area contributed by atoms with E-state index in [1.54, 1.807) is 48.5 Å². The van der Waals surface area contributed by atoms with Crippen LogP contribution in [0, 0.1) is 0 Å². The van der Waals surface area contributed by atoms with Crippen LogP contribution in [0.3, 0.4) is 0 Å². The van der Waals surface area contributed by atoms with Crippen LogP contribution in [0.15, 0.2) is 48.5 Å². The van der Waals surface area contributed by atoms with Crippen molar-refractivity contribution in [2.45, 2.75) is 25.3 Å². The highest BCUT2D eigenvalue weighted by Crippen LogP contribution is 2.26.